The first-order chi connectivity index (χ1) is 10.1. The van der Waals surface area contributed by atoms with Gasteiger partial charge in [-0.1, -0.05) is 38.5 Å². The van der Waals surface area contributed by atoms with Gasteiger partial charge in [0.15, 0.2) is 5.79 Å². The Kier molecular flexibility index (Phi) is 3.40. The van der Waals surface area contributed by atoms with Gasteiger partial charge in [0.05, 0.1) is 11.2 Å². The molecule has 4 aliphatic rings. The summed E-state index contributed by atoms with van der Waals surface area (Å²) in [6.07, 6.45) is 13.8. The molecule has 0 aromatic carbocycles. The fourth-order valence-electron chi connectivity index (χ4n) is 6.23. The fraction of sp³-hybridized carbons (Fsp3) is 1.00. The van der Waals surface area contributed by atoms with Crippen molar-refractivity contribution in [1.29, 1.82) is 0 Å². The van der Waals surface area contributed by atoms with Crippen LogP contribution in [0.3, 0.4) is 0 Å². The first kappa shape index (κ1) is 14.5. The van der Waals surface area contributed by atoms with Crippen LogP contribution in [0.25, 0.3) is 0 Å². The molecule has 120 valence electrons. The minimum atomic E-state index is -1.06. The second kappa shape index (κ2) is 4.94. The van der Waals surface area contributed by atoms with E-state index in [4.69, 9.17) is 4.74 Å². The van der Waals surface area contributed by atoms with Crippen molar-refractivity contribution in [2.45, 2.75) is 100 Å². The van der Waals surface area contributed by atoms with E-state index in [2.05, 4.69) is 0 Å². The summed E-state index contributed by atoms with van der Waals surface area (Å²) in [5, 5.41) is 22.9. The van der Waals surface area contributed by atoms with Crippen molar-refractivity contribution in [1.82, 2.24) is 0 Å². The van der Waals surface area contributed by atoms with Gasteiger partial charge in [0.25, 0.3) is 0 Å². The van der Waals surface area contributed by atoms with Crippen LogP contribution < -0.4 is 0 Å². The van der Waals surface area contributed by atoms with Gasteiger partial charge >= 0.3 is 0 Å². The molecule has 21 heavy (non-hydrogen) atoms. The average molecular weight is 294 g/mol. The highest BCUT2D eigenvalue weighted by molar-refractivity contribution is 5.13. The molecular weight excluding hydrogens is 264 g/mol. The van der Waals surface area contributed by atoms with E-state index in [1.165, 1.54) is 25.7 Å². The summed E-state index contributed by atoms with van der Waals surface area (Å²) in [5.41, 5.74) is -0.918. The monoisotopic (exact) mass is 294 g/mol. The van der Waals surface area contributed by atoms with E-state index in [1.54, 1.807) is 0 Å². The topological polar surface area (TPSA) is 49.7 Å². The van der Waals surface area contributed by atoms with Gasteiger partial charge in [0.2, 0.25) is 0 Å². The molecule has 4 atom stereocenters. The molecule has 0 radical (unpaired) electrons. The molecule has 3 heteroatoms. The summed E-state index contributed by atoms with van der Waals surface area (Å²) >= 11 is 0. The SMILES string of the molecule is OC12CCCCC1C1(O)CCCCC1C1(CCCCC1)O2. The minimum absolute atomic E-state index is 0.0587. The van der Waals surface area contributed by atoms with Crippen LogP contribution in [0.1, 0.15) is 83.5 Å². The number of hydrogen-bond acceptors (Lipinski definition) is 3. The van der Waals surface area contributed by atoms with Gasteiger partial charge in [0.1, 0.15) is 0 Å². The molecule has 3 saturated carbocycles. The summed E-state index contributed by atoms with van der Waals surface area (Å²) in [6, 6.07) is 0. The molecule has 0 aromatic rings. The highest BCUT2D eigenvalue weighted by atomic mass is 16.6. The lowest BCUT2D eigenvalue weighted by atomic mass is 9.53. The van der Waals surface area contributed by atoms with Crippen molar-refractivity contribution >= 4 is 0 Å². The number of aliphatic hydroxyl groups is 2. The van der Waals surface area contributed by atoms with Crippen LogP contribution in [0, 0.1) is 11.8 Å². The average Bonchev–Trinajstić information content (AvgIpc) is 2.47. The highest BCUT2D eigenvalue weighted by Gasteiger charge is 2.66. The molecule has 0 aromatic heterocycles. The van der Waals surface area contributed by atoms with E-state index in [0.717, 1.165) is 51.4 Å². The van der Waals surface area contributed by atoms with Gasteiger partial charge in [-0.3, -0.25) is 0 Å². The molecule has 0 bridgehead atoms. The molecule has 2 N–H and O–H groups in total. The van der Waals surface area contributed by atoms with E-state index in [0.29, 0.717) is 6.42 Å². The maximum atomic E-state index is 11.6. The predicted molar refractivity (Wildman–Crippen MR) is 80.7 cm³/mol. The van der Waals surface area contributed by atoms with Crippen LogP contribution in [-0.4, -0.2) is 27.2 Å². The van der Waals surface area contributed by atoms with Crippen molar-refractivity contribution in [3.63, 3.8) is 0 Å². The third-order valence-electron chi connectivity index (χ3n) is 7.06. The lowest BCUT2D eigenvalue weighted by Gasteiger charge is -2.65. The Morgan fingerprint density at radius 3 is 2.05 bits per heavy atom. The molecule has 0 amide bonds. The molecule has 4 rings (SSSR count). The third-order valence-corrected chi connectivity index (χ3v) is 7.06. The quantitative estimate of drug-likeness (QED) is 0.718. The van der Waals surface area contributed by atoms with Crippen LogP contribution >= 0.6 is 0 Å². The van der Waals surface area contributed by atoms with E-state index in [1.807, 2.05) is 0 Å². The summed E-state index contributed by atoms with van der Waals surface area (Å²) in [7, 11) is 0. The van der Waals surface area contributed by atoms with Crippen LogP contribution in [0.4, 0.5) is 0 Å². The predicted octanol–water partition coefficient (Wildman–Crippen LogP) is 3.52. The van der Waals surface area contributed by atoms with Crippen LogP contribution in [-0.2, 0) is 4.74 Å². The third kappa shape index (κ3) is 2.04. The number of hydrogen-bond donors (Lipinski definition) is 2. The molecule has 1 spiro atoms. The maximum Gasteiger partial charge on any atom is 0.171 e. The zero-order valence-corrected chi connectivity index (χ0v) is 13.1. The summed E-state index contributed by atoms with van der Waals surface area (Å²) in [5.74, 6) is -0.864. The van der Waals surface area contributed by atoms with Crippen molar-refractivity contribution in [2.24, 2.45) is 11.8 Å². The minimum Gasteiger partial charge on any atom is -0.389 e. The number of rotatable bonds is 0. The largest absolute Gasteiger partial charge is 0.389 e. The summed E-state index contributed by atoms with van der Waals surface area (Å²) < 4.78 is 6.54. The molecule has 3 nitrogen and oxygen atoms in total. The smallest absolute Gasteiger partial charge is 0.171 e. The molecule has 4 fully saturated rings. The van der Waals surface area contributed by atoms with Crippen LogP contribution in [0.2, 0.25) is 0 Å². The normalized spacial score (nSPS) is 49.4. The number of fused-ring (bicyclic) bond motifs is 4. The molecule has 1 aliphatic heterocycles. The van der Waals surface area contributed by atoms with E-state index >= 15 is 0 Å². The lowest BCUT2D eigenvalue weighted by molar-refractivity contribution is -0.399. The molecule has 1 saturated heterocycles. The highest BCUT2D eigenvalue weighted by Crippen LogP contribution is 2.61. The molecule has 1 heterocycles. The maximum absolute atomic E-state index is 11.6. The van der Waals surface area contributed by atoms with Crippen molar-refractivity contribution in [3.05, 3.63) is 0 Å². The second-order valence-corrected chi connectivity index (χ2v) is 8.16. The van der Waals surface area contributed by atoms with E-state index in [9.17, 15) is 10.2 Å². The van der Waals surface area contributed by atoms with Crippen molar-refractivity contribution in [2.75, 3.05) is 0 Å². The van der Waals surface area contributed by atoms with Gasteiger partial charge < -0.3 is 14.9 Å². The standard InChI is InChI=1S/C18H30O3/c19-17-12-6-2-8-14(17)16(10-4-1-5-11-16)21-18(20)13-7-3-9-15(17)18/h14-15,19-20H,1-13H2. The summed E-state index contributed by atoms with van der Waals surface area (Å²) in [6.45, 7) is 0. The van der Waals surface area contributed by atoms with Gasteiger partial charge in [0, 0.05) is 18.3 Å². The first-order valence-electron chi connectivity index (χ1n) is 9.24. The fourth-order valence-corrected chi connectivity index (χ4v) is 6.23. The van der Waals surface area contributed by atoms with Crippen molar-refractivity contribution in [3.8, 4) is 0 Å². The Balaban J connectivity index is 1.76. The van der Waals surface area contributed by atoms with Gasteiger partial charge in [-0.2, -0.15) is 0 Å². The molecular formula is C18H30O3. The van der Waals surface area contributed by atoms with Crippen LogP contribution in [0.5, 0.6) is 0 Å². The van der Waals surface area contributed by atoms with Gasteiger partial charge in [-0.25, -0.2) is 0 Å². The lowest BCUT2D eigenvalue weighted by Crippen LogP contribution is -2.72. The van der Waals surface area contributed by atoms with Crippen LogP contribution in [0.15, 0.2) is 0 Å². The molecule has 4 unspecified atom stereocenters. The summed E-state index contributed by atoms with van der Waals surface area (Å²) in [4.78, 5) is 0. The Morgan fingerprint density at radius 1 is 0.667 bits per heavy atom. The number of ether oxygens (including phenoxy) is 1. The Hall–Kier alpha value is -0.120. The molecule has 3 aliphatic carbocycles. The zero-order chi connectivity index (χ0) is 14.6. The Labute approximate surface area is 128 Å². The first-order valence-corrected chi connectivity index (χ1v) is 9.24. The van der Waals surface area contributed by atoms with E-state index in [-0.39, 0.29) is 17.4 Å². The van der Waals surface area contributed by atoms with Crippen molar-refractivity contribution < 1.29 is 14.9 Å². The zero-order valence-electron chi connectivity index (χ0n) is 13.1. The van der Waals surface area contributed by atoms with Gasteiger partial charge in [-0.15, -0.1) is 0 Å². The van der Waals surface area contributed by atoms with Gasteiger partial charge in [-0.05, 0) is 38.5 Å². The second-order valence-electron chi connectivity index (χ2n) is 8.16. The Morgan fingerprint density at radius 2 is 1.29 bits per heavy atom. The van der Waals surface area contributed by atoms with E-state index < -0.39 is 11.4 Å². The Bertz CT molecular complexity index is 396.